The molecule has 2 aromatic heterocycles. The molecule has 1 aliphatic rings. The first-order chi connectivity index (χ1) is 12.6. The summed E-state index contributed by atoms with van der Waals surface area (Å²) in [5.74, 6) is -0.0319. The zero-order chi connectivity index (χ0) is 18.1. The van der Waals surface area contributed by atoms with Gasteiger partial charge < -0.3 is 4.90 Å². The van der Waals surface area contributed by atoms with Crippen molar-refractivity contribution in [3.05, 3.63) is 58.8 Å². The Bertz CT molecular complexity index is 992. The number of hydrogen-bond acceptors (Lipinski definition) is 4. The Hall–Kier alpha value is -2.96. The van der Waals surface area contributed by atoms with Gasteiger partial charge in [0.25, 0.3) is 5.56 Å². The quantitative estimate of drug-likeness (QED) is 0.711. The number of nitrogens with zero attached hydrogens (tertiary/aromatic N) is 5. The van der Waals surface area contributed by atoms with Gasteiger partial charge in [-0.25, -0.2) is 4.98 Å². The topological polar surface area (TPSA) is 73.0 Å². The van der Waals surface area contributed by atoms with E-state index in [1.807, 2.05) is 23.1 Å². The van der Waals surface area contributed by atoms with Crippen molar-refractivity contribution in [2.45, 2.75) is 31.8 Å². The number of carbonyl (C=O) groups excluding carboxylic acids is 1. The van der Waals surface area contributed by atoms with Crippen LogP contribution < -0.4 is 5.56 Å². The molecule has 1 aliphatic heterocycles. The normalized spacial score (nSPS) is 17.1. The Labute approximate surface area is 150 Å². The zero-order valence-corrected chi connectivity index (χ0v) is 14.7. The Morgan fingerprint density at radius 1 is 1.27 bits per heavy atom. The molecule has 0 radical (unpaired) electrons. The lowest BCUT2D eigenvalue weighted by atomic mass is 10.0. The summed E-state index contributed by atoms with van der Waals surface area (Å²) in [5.41, 5.74) is 1.53. The van der Waals surface area contributed by atoms with Crippen molar-refractivity contribution in [3.63, 3.8) is 0 Å². The summed E-state index contributed by atoms with van der Waals surface area (Å²) >= 11 is 0. The molecule has 0 aliphatic carbocycles. The van der Waals surface area contributed by atoms with Gasteiger partial charge in [0.1, 0.15) is 18.3 Å². The number of benzene rings is 1. The second-order valence-electron chi connectivity index (χ2n) is 6.76. The fraction of sp³-hybridized carbons (Fsp3) is 0.368. The maximum absolute atomic E-state index is 12.8. The van der Waals surface area contributed by atoms with Gasteiger partial charge in [0.05, 0.1) is 6.20 Å². The number of aromatic nitrogens is 4. The van der Waals surface area contributed by atoms with Crippen LogP contribution in [-0.4, -0.2) is 42.7 Å². The molecule has 7 nitrogen and oxygen atoms in total. The predicted molar refractivity (Wildman–Crippen MR) is 97.7 cm³/mol. The van der Waals surface area contributed by atoms with E-state index < -0.39 is 0 Å². The molecule has 1 unspecified atom stereocenters. The molecule has 26 heavy (non-hydrogen) atoms. The van der Waals surface area contributed by atoms with Gasteiger partial charge in [-0.3, -0.25) is 18.8 Å². The first-order valence-electron chi connectivity index (χ1n) is 8.84. The van der Waals surface area contributed by atoms with E-state index in [0.717, 1.165) is 25.8 Å². The van der Waals surface area contributed by atoms with E-state index in [1.54, 1.807) is 11.7 Å². The van der Waals surface area contributed by atoms with Crippen molar-refractivity contribution in [2.75, 3.05) is 6.54 Å². The fourth-order valence-corrected chi connectivity index (χ4v) is 3.68. The van der Waals surface area contributed by atoms with Crippen LogP contribution in [0.4, 0.5) is 0 Å². The third-order valence-corrected chi connectivity index (χ3v) is 5.04. The largest absolute Gasteiger partial charge is 0.338 e. The van der Waals surface area contributed by atoms with Crippen LogP contribution in [0.2, 0.25) is 0 Å². The summed E-state index contributed by atoms with van der Waals surface area (Å²) in [7, 11) is 1.74. The van der Waals surface area contributed by atoms with Crippen molar-refractivity contribution in [1.82, 2.24) is 24.2 Å². The molecule has 0 spiro atoms. The minimum atomic E-state index is -0.227. The zero-order valence-electron chi connectivity index (χ0n) is 14.7. The lowest BCUT2D eigenvalue weighted by Crippen LogP contribution is -2.40. The van der Waals surface area contributed by atoms with E-state index in [2.05, 4.69) is 22.2 Å². The van der Waals surface area contributed by atoms with E-state index in [9.17, 15) is 9.59 Å². The van der Waals surface area contributed by atoms with Gasteiger partial charge in [-0.2, -0.15) is 5.10 Å². The molecule has 0 N–H and O–H groups in total. The summed E-state index contributed by atoms with van der Waals surface area (Å²) in [6.45, 7) is 0.760. The highest BCUT2D eigenvalue weighted by atomic mass is 16.2. The van der Waals surface area contributed by atoms with Gasteiger partial charge in [0.15, 0.2) is 5.65 Å². The SMILES string of the molecule is Cn1ncc2c(=O)n(CC(=O)N3CCCC3Cc3ccccc3)cnc21. The number of aryl methyl sites for hydroxylation is 1. The maximum Gasteiger partial charge on any atom is 0.264 e. The van der Waals surface area contributed by atoms with Crippen LogP contribution in [0.25, 0.3) is 11.0 Å². The highest BCUT2D eigenvalue weighted by molar-refractivity contribution is 5.78. The summed E-state index contributed by atoms with van der Waals surface area (Å²) < 4.78 is 2.93. The van der Waals surface area contributed by atoms with E-state index in [0.29, 0.717) is 11.0 Å². The van der Waals surface area contributed by atoms with Gasteiger partial charge in [0.2, 0.25) is 5.91 Å². The molecular weight excluding hydrogens is 330 g/mol. The second-order valence-corrected chi connectivity index (χ2v) is 6.76. The molecule has 1 atom stereocenters. The molecule has 0 saturated carbocycles. The number of hydrogen-bond donors (Lipinski definition) is 0. The number of rotatable bonds is 4. The molecule has 4 rings (SSSR count). The van der Waals surface area contributed by atoms with Crippen LogP contribution in [0.1, 0.15) is 18.4 Å². The molecule has 1 amide bonds. The molecule has 134 valence electrons. The van der Waals surface area contributed by atoms with Gasteiger partial charge in [-0.1, -0.05) is 30.3 Å². The average molecular weight is 351 g/mol. The smallest absolute Gasteiger partial charge is 0.264 e. The van der Waals surface area contributed by atoms with Crippen molar-refractivity contribution < 1.29 is 4.79 Å². The Kier molecular flexibility index (Phi) is 4.28. The van der Waals surface area contributed by atoms with E-state index in [-0.39, 0.29) is 24.1 Å². The minimum Gasteiger partial charge on any atom is -0.338 e. The molecule has 1 aromatic carbocycles. The van der Waals surface area contributed by atoms with Crippen LogP contribution in [0.15, 0.2) is 47.7 Å². The van der Waals surface area contributed by atoms with Crippen LogP contribution >= 0.6 is 0 Å². The minimum absolute atomic E-state index is 0.0158. The summed E-state index contributed by atoms with van der Waals surface area (Å²) in [5, 5.41) is 4.49. The summed E-state index contributed by atoms with van der Waals surface area (Å²) in [6.07, 6.45) is 5.78. The average Bonchev–Trinajstić information content (AvgIpc) is 3.25. The van der Waals surface area contributed by atoms with Crippen molar-refractivity contribution >= 4 is 16.9 Å². The lowest BCUT2D eigenvalue weighted by Gasteiger charge is -2.25. The molecule has 7 heteroatoms. The van der Waals surface area contributed by atoms with Crippen LogP contribution in [0.5, 0.6) is 0 Å². The molecular formula is C19H21N5O2. The predicted octanol–water partition coefficient (Wildman–Crippen LogP) is 1.36. The van der Waals surface area contributed by atoms with Crippen LogP contribution in [0.3, 0.4) is 0 Å². The lowest BCUT2D eigenvalue weighted by molar-refractivity contribution is -0.132. The van der Waals surface area contributed by atoms with Crippen molar-refractivity contribution in [3.8, 4) is 0 Å². The van der Waals surface area contributed by atoms with Crippen LogP contribution in [-0.2, 0) is 24.8 Å². The van der Waals surface area contributed by atoms with Gasteiger partial charge >= 0.3 is 0 Å². The standard InChI is InChI=1S/C19H21N5O2/c1-22-18-16(11-21-22)19(26)23(13-20-18)12-17(25)24-9-5-8-15(24)10-14-6-3-2-4-7-14/h2-4,6-7,11,13,15H,5,8-10,12H2,1H3. The fourth-order valence-electron chi connectivity index (χ4n) is 3.68. The number of fused-ring (bicyclic) bond motifs is 1. The summed E-state index contributed by atoms with van der Waals surface area (Å²) in [4.78, 5) is 31.6. The first kappa shape index (κ1) is 16.5. The van der Waals surface area contributed by atoms with E-state index >= 15 is 0 Å². The molecule has 0 bridgehead atoms. The number of likely N-dealkylation sites (tertiary alicyclic amines) is 1. The second kappa shape index (κ2) is 6.74. The molecule has 1 fully saturated rings. The number of carbonyl (C=O) groups is 1. The molecule has 1 saturated heterocycles. The van der Waals surface area contributed by atoms with Gasteiger partial charge in [-0.05, 0) is 24.8 Å². The van der Waals surface area contributed by atoms with E-state index in [4.69, 9.17) is 0 Å². The maximum atomic E-state index is 12.8. The first-order valence-corrected chi connectivity index (χ1v) is 8.84. The van der Waals surface area contributed by atoms with Gasteiger partial charge in [-0.15, -0.1) is 0 Å². The van der Waals surface area contributed by atoms with Crippen molar-refractivity contribution in [1.29, 1.82) is 0 Å². The third-order valence-electron chi connectivity index (χ3n) is 5.04. The van der Waals surface area contributed by atoms with Crippen molar-refractivity contribution in [2.24, 2.45) is 7.05 Å². The Balaban J connectivity index is 1.52. The highest BCUT2D eigenvalue weighted by Gasteiger charge is 2.29. The monoisotopic (exact) mass is 351 g/mol. The highest BCUT2D eigenvalue weighted by Crippen LogP contribution is 2.21. The van der Waals surface area contributed by atoms with Gasteiger partial charge in [0, 0.05) is 19.6 Å². The van der Waals surface area contributed by atoms with E-state index in [1.165, 1.54) is 22.7 Å². The van der Waals surface area contributed by atoms with Crippen LogP contribution in [0, 0.1) is 0 Å². The number of amides is 1. The molecule has 3 aromatic rings. The third kappa shape index (κ3) is 3.00. The Morgan fingerprint density at radius 2 is 2.08 bits per heavy atom. The molecule has 3 heterocycles. The Morgan fingerprint density at radius 3 is 2.88 bits per heavy atom. The summed E-state index contributed by atoms with van der Waals surface area (Å²) in [6, 6.07) is 10.4.